The lowest BCUT2D eigenvalue weighted by Crippen LogP contribution is -2.49. The zero-order chi connectivity index (χ0) is 12.5. The lowest BCUT2D eigenvalue weighted by molar-refractivity contribution is 0.0787. The Morgan fingerprint density at radius 2 is 1.89 bits per heavy atom. The molecule has 3 heteroatoms. The molecule has 3 atom stereocenters. The van der Waals surface area contributed by atoms with E-state index in [1.165, 1.54) is 58.2 Å². The van der Waals surface area contributed by atoms with Gasteiger partial charge in [0.05, 0.1) is 0 Å². The van der Waals surface area contributed by atoms with Crippen molar-refractivity contribution >= 4 is 0 Å². The highest BCUT2D eigenvalue weighted by atomic mass is 15.2. The van der Waals surface area contributed by atoms with Gasteiger partial charge >= 0.3 is 0 Å². The van der Waals surface area contributed by atoms with E-state index in [0.29, 0.717) is 0 Å². The number of nitrogens with one attached hydrogen (secondary N) is 1. The maximum atomic E-state index is 3.55. The molecule has 0 aromatic carbocycles. The Morgan fingerprint density at radius 1 is 1.17 bits per heavy atom. The Bertz CT molecular complexity index is 261. The van der Waals surface area contributed by atoms with E-state index in [-0.39, 0.29) is 0 Å². The van der Waals surface area contributed by atoms with Crippen LogP contribution in [0.1, 0.15) is 38.5 Å². The minimum atomic E-state index is 0.848. The first kappa shape index (κ1) is 12.9. The largest absolute Gasteiger partial charge is 0.316 e. The Morgan fingerprint density at radius 3 is 2.50 bits per heavy atom. The highest BCUT2D eigenvalue weighted by Gasteiger charge is 2.39. The van der Waals surface area contributed by atoms with Crippen molar-refractivity contribution in [3.8, 4) is 0 Å². The predicted molar refractivity (Wildman–Crippen MR) is 75.8 cm³/mol. The number of hydrogen-bond donors (Lipinski definition) is 1. The van der Waals surface area contributed by atoms with Gasteiger partial charge in [0.2, 0.25) is 0 Å². The minimum Gasteiger partial charge on any atom is -0.316 e. The summed E-state index contributed by atoms with van der Waals surface area (Å²) in [5.74, 6) is 0.890. The Hall–Kier alpha value is -0.120. The lowest BCUT2D eigenvalue weighted by atomic mass is 9.94. The molecule has 0 aliphatic carbocycles. The van der Waals surface area contributed by atoms with Gasteiger partial charge in [0.25, 0.3) is 0 Å². The van der Waals surface area contributed by atoms with E-state index in [4.69, 9.17) is 0 Å². The van der Waals surface area contributed by atoms with E-state index >= 15 is 0 Å². The van der Waals surface area contributed by atoms with Gasteiger partial charge in [0.15, 0.2) is 0 Å². The number of nitrogens with zero attached hydrogens (tertiary/aromatic N) is 2. The third-order valence-corrected chi connectivity index (χ3v) is 5.64. The van der Waals surface area contributed by atoms with Gasteiger partial charge in [-0.1, -0.05) is 0 Å². The van der Waals surface area contributed by atoms with Crippen LogP contribution in [0.2, 0.25) is 0 Å². The molecular weight excluding hydrogens is 222 g/mol. The molecule has 0 amide bonds. The number of fused-ring (bicyclic) bond motifs is 2. The standard InChI is InChI=1S/C15H29N3/c1-17(11-12-4-3-7-16-10-12)15-8-13-5-6-14(9-15)18(13)2/h12-16H,3-11H2,1-2H3. The lowest BCUT2D eigenvalue weighted by Gasteiger charge is -2.41. The molecule has 0 aromatic heterocycles. The van der Waals surface area contributed by atoms with Crippen LogP contribution in [0.15, 0.2) is 0 Å². The first-order valence-electron chi connectivity index (χ1n) is 7.87. The second kappa shape index (κ2) is 5.48. The van der Waals surface area contributed by atoms with E-state index in [1.807, 2.05) is 0 Å². The van der Waals surface area contributed by atoms with Gasteiger partial charge in [-0.25, -0.2) is 0 Å². The average Bonchev–Trinajstić information content (AvgIpc) is 2.63. The Balaban J connectivity index is 1.52. The van der Waals surface area contributed by atoms with Crippen LogP contribution in [0, 0.1) is 5.92 Å². The van der Waals surface area contributed by atoms with Crippen molar-refractivity contribution in [1.29, 1.82) is 0 Å². The van der Waals surface area contributed by atoms with Crippen LogP contribution >= 0.6 is 0 Å². The van der Waals surface area contributed by atoms with Gasteiger partial charge in [-0.3, -0.25) is 0 Å². The van der Waals surface area contributed by atoms with E-state index in [9.17, 15) is 0 Å². The van der Waals surface area contributed by atoms with Crippen molar-refractivity contribution in [1.82, 2.24) is 15.1 Å². The fourth-order valence-corrected chi connectivity index (χ4v) is 4.38. The molecule has 104 valence electrons. The van der Waals surface area contributed by atoms with Gasteiger partial charge in [0.1, 0.15) is 0 Å². The first-order valence-corrected chi connectivity index (χ1v) is 7.87. The molecule has 3 fully saturated rings. The summed E-state index contributed by atoms with van der Waals surface area (Å²) < 4.78 is 0. The molecule has 3 nitrogen and oxygen atoms in total. The topological polar surface area (TPSA) is 18.5 Å². The molecule has 3 unspecified atom stereocenters. The van der Waals surface area contributed by atoms with Crippen LogP contribution in [0.25, 0.3) is 0 Å². The summed E-state index contributed by atoms with van der Waals surface area (Å²) in [4.78, 5) is 5.32. The molecule has 3 heterocycles. The molecule has 3 saturated heterocycles. The third-order valence-electron chi connectivity index (χ3n) is 5.64. The second-order valence-electron chi connectivity index (χ2n) is 6.83. The maximum absolute atomic E-state index is 3.55. The van der Waals surface area contributed by atoms with Crippen molar-refractivity contribution in [3.05, 3.63) is 0 Å². The molecule has 0 aromatic rings. The highest BCUT2D eigenvalue weighted by molar-refractivity contribution is 4.96. The van der Waals surface area contributed by atoms with Crippen molar-refractivity contribution in [2.75, 3.05) is 33.7 Å². The van der Waals surface area contributed by atoms with Gasteiger partial charge in [-0.2, -0.15) is 0 Å². The van der Waals surface area contributed by atoms with E-state index < -0.39 is 0 Å². The normalized spacial score (nSPS) is 41.5. The average molecular weight is 251 g/mol. The monoisotopic (exact) mass is 251 g/mol. The van der Waals surface area contributed by atoms with Crippen LogP contribution in [-0.2, 0) is 0 Å². The van der Waals surface area contributed by atoms with Gasteiger partial charge < -0.3 is 15.1 Å². The van der Waals surface area contributed by atoms with Crippen molar-refractivity contribution < 1.29 is 0 Å². The van der Waals surface area contributed by atoms with Crippen molar-refractivity contribution in [2.45, 2.75) is 56.7 Å². The Labute approximate surface area is 112 Å². The van der Waals surface area contributed by atoms with Crippen LogP contribution < -0.4 is 5.32 Å². The number of hydrogen-bond acceptors (Lipinski definition) is 3. The fraction of sp³-hybridized carbons (Fsp3) is 1.00. The molecule has 18 heavy (non-hydrogen) atoms. The summed E-state index contributed by atoms with van der Waals surface area (Å²) >= 11 is 0. The molecule has 3 rings (SSSR count). The molecule has 1 N–H and O–H groups in total. The SMILES string of the molecule is CN(CC1CCCNC1)C1CC2CCC(C1)N2C. The maximum Gasteiger partial charge on any atom is 0.0122 e. The molecule has 3 aliphatic rings. The smallest absolute Gasteiger partial charge is 0.0122 e. The molecule has 0 radical (unpaired) electrons. The fourth-order valence-electron chi connectivity index (χ4n) is 4.38. The zero-order valence-electron chi connectivity index (χ0n) is 12.1. The molecular formula is C15H29N3. The second-order valence-corrected chi connectivity index (χ2v) is 6.83. The minimum absolute atomic E-state index is 0.848. The van der Waals surface area contributed by atoms with Crippen LogP contribution in [0.3, 0.4) is 0 Å². The highest BCUT2D eigenvalue weighted by Crippen LogP contribution is 2.36. The summed E-state index contributed by atoms with van der Waals surface area (Å²) in [5.41, 5.74) is 0. The van der Waals surface area contributed by atoms with Crippen LogP contribution in [-0.4, -0.2) is 61.7 Å². The first-order chi connectivity index (χ1) is 8.74. The summed E-state index contributed by atoms with van der Waals surface area (Å²) in [6, 6.07) is 2.60. The van der Waals surface area contributed by atoms with E-state index in [2.05, 4.69) is 29.2 Å². The summed E-state index contributed by atoms with van der Waals surface area (Å²) in [5, 5.41) is 3.55. The van der Waals surface area contributed by atoms with E-state index in [1.54, 1.807) is 0 Å². The summed E-state index contributed by atoms with van der Waals surface area (Å²) in [7, 11) is 4.70. The van der Waals surface area contributed by atoms with Crippen LogP contribution in [0.4, 0.5) is 0 Å². The third kappa shape index (κ3) is 2.59. The molecule has 0 spiro atoms. The van der Waals surface area contributed by atoms with Gasteiger partial charge in [0, 0.05) is 24.7 Å². The quantitative estimate of drug-likeness (QED) is 0.821. The number of piperidine rings is 2. The molecule has 3 aliphatic heterocycles. The van der Waals surface area contributed by atoms with Crippen LogP contribution in [0.5, 0.6) is 0 Å². The summed E-state index contributed by atoms with van der Waals surface area (Å²) in [6.07, 6.45) is 8.49. The van der Waals surface area contributed by atoms with E-state index in [0.717, 1.165) is 24.0 Å². The Kier molecular flexibility index (Phi) is 3.92. The molecule has 2 bridgehead atoms. The predicted octanol–water partition coefficient (Wildman–Crippen LogP) is 1.54. The van der Waals surface area contributed by atoms with Gasteiger partial charge in [-0.15, -0.1) is 0 Å². The molecule has 0 saturated carbocycles. The van der Waals surface area contributed by atoms with Crippen molar-refractivity contribution in [2.24, 2.45) is 5.92 Å². The van der Waals surface area contributed by atoms with Crippen molar-refractivity contribution in [3.63, 3.8) is 0 Å². The zero-order valence-corrected chi connectivity index (χ0v) is 12.1. The number of rotatable bonds is 3. The van der Waals surface area contributed by atoms with Gasteiger partial charge in [-0.05, 0) is 71.6 Å². The summed E-state index contributed by atoms with van der Waals surface area (Å²) in [6.45, 7) is 3.78.